The van der Waals surface area contributed by atoms with Gasteiger partial charge < -0.3 is 15.8 Å². The van der Waals surface area contributed by atoms with Crippen molar-refractivity contribution in [3.05, 3.63) is 24.3 Å². The normalized spacial score (nSPS) is 12.2. The van der Waals surface area contributed by atoms with Crippen molar-refractivity contribution in [1.82, 2.24) is 0 Å². The predicted octanol–water partition coefficient (Wildman–Crippen LogP) is 2.23. The average molecular weight is 208 g/mol. The maximum atomic E-state index is 5.67. The Morgan fingerprint density at radius 2 is 2.00 bits per heavy atom. The highest BCUT2D eigenvalue weighted by Gasteiger charge is 1.95. The van der Waals surface area contributed by atoms with Crippen LogP contribution in [0.15, 0.2) is 24.3 Å². The molecule has 0 spiro atoms. The maximum Gasteiger partial charge on any atom is 0.119 e. The molecule has 3 nitrogen and oxygen atoms in total. The molecule has 0 radical (unpaired) electrons. The summed E-state index contributed by atoms with van der Waals surface area (Å²) in [4.78, 5) is 0. The van der Waals surface area contributed by atoms with Crippen LogP contribution < -0.4 is 15.8 Å². The second-order valence-electron chi connectivity index (χ2n) is 3.77. The molecule has 15 heavy (non-hydrogen) atoms. The molecule has 1 unspecified atom stereocenters. The zero-order chi connectivity index (χ0) is 11.1. The van der Waals surface area contributed by atoms with Crippen LogP contribution >= 0.6 is 0 Å². The van der Waals surface area contributed by atoms with Crippen LogP contribution in [0.2, 0.25) is 0 Å². The molecular formula is C12H20N2O. The van der Waals surface area contributed by atoms with Gasteiger partial charge in [0.1, 0.15) is 5.75 Å². The molecule has 0 bridgehead atoms. The summed E-state index contributed by atoms with van der Waals surface area (Å²) in [6, 6.07) is 8.24. The van der Waals surface area contributed by atoms with Gasteiger partial charge in [0.2, 0.25) is 0 Å². The predicted molar refractivity (Wildman–Crippen MR) is 64.4 cm³/mol. The lowest BCUT2D eigenvalue weighted by molar-refractivity contribution is 0.415. The van der Waals surface area contributed by atoms with Crippen molar-refractivity contribution in [2.75, 3.05) is 19.0 Å². The van der Waals surface area contributed by atoms with Gasteiger partial charge in [-0.1, -0.05) is 0 Å². The second-order valence-corrected chi connectivity index (χ2v) is 3.77. The molecule has 0 saturated carbocycles. The molecule has 0 heterocycles. The summed E-state index contributed by atoms with van der Waals surface area (Å²) in [5.74, 6) is 0.885. The van der Waals surface area contributed by atoms with Crippen molar-refractivity contribution in [1.29, 1.82) is 0 Å². The molecule has 0 aliphatic carbocycles. The third-order valence-electron chi connectivity index (χ3n) is 2.26. The Balaban J connectivity index is 2.25. The molecule has 0 aliphatic heterocycles. The number of nitrogens with one attached hydrogen (secondary N) is 1. The lowest BCUT2D eigenvalue weighted by Crippen LogP contribution is -2.16. The lowest BCUT2D eigenvalue weighted by Gasteiger charge is -2.08. The zero-order valence-corrected chi connectivity index (χ0v) is 9.49. The molecule has 84 valence electrons. The Kier molecular flexibility index (Phi) is 4.98. The zero-order valence-electron chi connectivity index (χ0n) is 9.49. The first-order chi connectivity index (χ1) is 7.22. The molecule has 0 amide bonds. The minimum Gasteiger partial charge on any atom is -0.497 e. The summed E-state index contributed by atoms with van der Waals surface area (Å²) in [6.07, 6.45) is 2.16. The molecular weight excluding hydrogens is 188 g/mol. The lowest BCUT2D eigenvalue weighted by atomic mass is 10.2. The number of benzene rings is 1. The number of ether oxygens (including phenoxy) is 1. The van der Waals surface area contributed by atoms with Crippen LogP contribution in [0.4, 0.5) is 5.69 Å². The summed E-state index contributed by atoms with van der Waals surface area (Å²) in [5, 5.41) is 3.34. The van der Waals surface area contributed by atoms with Gasteiger partial charge in [-0.3, -0.25) is 0 Å². The number of rotatable bonds is 6. The van der Waals surface area contributed by atoms with E-state index in [4.69, 9.17) is 10.5 Å². The Hall–Kier alpha value is -1.22. The molecule has 1 aromatic carbocycles. The van der Waals surface area contributed by atoms with E-state index < -0.39 is 0 Å². The molecule has 1 atom stereocenters. The van der Waals surface area contributed by atoms with E-state index in [2.05, 4.69) is 5.32 Å². The van der Waals surface area contributed by atoms with Crippen LogP contribution in [-0.2, 0) is 0 Å². The fourth-order valence-electron chi connectivity index (χ4n) is 1.37. The van der Waals surface area contributed by atoms with Gasteiger partial charge in [-0.2, -0.15) is 0 Å². The molecule has 0 aromatic heterocycles. The smallest absolute Gasteiger partial charge is 0.119 e. The number of anilines is 1. The highest BCUT2D eigenvalue weighted by atomic mass is 16.5. The van der Waals surface area contributed by atoms with Crippen LogP contribution in [0.1, 0.15) is 19.8 Å². The van der Waals surface area contributed by atoms with Crippen molar-refractivity contribution in [3.63, 3.8) is 0 Å². The van der Waals surface area contributed by atoms with Gasteiger partial charge in [0.25, 0.3) is 0 Å². The number of methoxy groups -OCH3 is 1. The number of hydrogen-bond acceptors (Lipinski definition) is 3. The summed E-state index contributed by atoms with van der Waals surface area (Å²) in [6.45, 7) is 3.00. The first kappa shape index (κ1) is 11.9. The van der Waals surface area contributed by atoms with Gasteiger partial charge in [0.05, 0.1) is 7.11 Å². The van der Waals surface area contributed by atoms with E-state index in [0.29, 0.717) is 6.04 Å². The van der Waals surface area contributed by atoms with E-state index in [1.165, 1.54) is 0 Å². The SMILES string of the molecule is COc1ccc(NCCCC(C)N)cc1. The molecule has 1 aromatic rings. The fraction of sp³-hybridized carbons (Fsp3) is 0.500. The molecule has 3 N–H and O–H groups in total. The van der Waals surface area contributed by atoms with Gasteiger partial charge in [-0.25, -0.2) is 0 Å². The second kappa shape index (κ2) is 6.30. The van der Waals surface area contributed by atoms with Crippen LogP contribution in [0.3, 0.4) is 0 Å². The van der Waals surface area contributed by atoms with E-state index >= 15 is 0 Å². The largest absolute Gasteiger partial charge is 0.497 e. The summed E-state index contributed by atoms with van der Waals surface area (Å²) >= 11 is 0. The van der Waals surface area contributed by atoms with E-state index in [1.807, 2.05) is 31.2 Å². The monoisotopic (exact) mass is 208 g/mol. The quantitative estimate of drug-likeness (QED) is 0.705. The van der Waals surface area contributed by atoms with E-state index in [0.717, 1.165) is 30.8 Å². The van der Waals surface area contributed by atoms with Crippen LogP contribution in [0.5, 0.6) is 5.75 Å². The Morgan fingerprint density at radius 3 is 2.53 bits per heavy atom. The summed E-state index contributed by atoms with van der Waals surface area (Å²) < 4.78 is 5.08. The maximum absolute atomic E-state index is 5.67. The van der Waals surface area contributed by atoms with Crippen LogP contribution in [-0.4, -0.2) is 19.7 Å². The molecule has 0 fully saturated rings. The molecule has 3 heteroatoms. The van der Waals surface area contributed by atoms with E-state index in [9.17, 15) is 0 Å². The topological polar surface area (TPSA) is 47.3 Å². The van der Waals surface area contributed by atoms with Crippen molar-refractivity contribution in [3.8, 4) is 5.75 Å². The number of nitrogens with two attached hydrogens (primary N) is 1. The van der Waals surface area contributed by atoms with Crippen molar-refractivity contribution >= 4 is 5.69 Å². The van der Waals surface area contributed by atoms with Gasteiger partial charge in [0, 0.05) is 18.3 Å². The van der Waals surface area contributed by atoms with Crippen molar-refractivity contribution < 1.29 is 4.74 Å². The first-order valence-corrected chi connectivity index (χ1v) is 5.36. The van der Waals surface area contributed by atoms with Gasteiger partial charge in [0.15, 0.2) is 0 Å². The highest BCUT2D eigenvalue weighted by molar-refractivity contribution is 5.46. The van der Waals surface area contributed by atoms with E-state index in [-0.39, 0.29) is 0 Å². The Labute approximate surface area is 91.6 Å². The van der Waals surface area contributed by atoms with Gasteiger partial charge in [-0.05, 0) is 44.0 Å². The standard InChI is InChI=1S/C12H20N2O/c1-10(13)4-3-9-14-11-5-7-12(15-2)8-6-11/h5-8,10,14H,3-4,9,13H2,1-2H3. The fourth-order valence-corrected chi connectivity index (χ4v) is 1.37. The third-order valence-corrected chi connectivity index (χ3v) is 2.26. The first-order valence-electron chi connectivity index (χ1n) is 5.36. The van der Waals surface area contributed by atoms with Crippen molar-refractivity contribution in [2.45, 2.75) is 25.8 Å². The number of hydrogen-bond donors (Lipinski definition) is 2. The van der Waals surface area contributed by atoms with Crippen LogP contribution in [0, 0.1) is 0 Å². The minimum absolute atomic E-state index is 0.294. The Morgan fingerprint density at radius 1 is 1.33 bits per heavy atom. The minimum atomic E-state index is 0.294. The van der Waals surface area contributed by atoms with E-state index in [1.54, 1.807) is 7.11 Å². The van der Waals surface area contributed by atoms with Crippen LogP contribution in [0.25, 0.3) is 0 Å². The van der Waals surface area contributed by atoms with Gasteiger partial charge in [-0.15, -0.1) is 0 Å². The molecule has 0 aliphatic rings. The van der Waals surface area contributed by atoms with Gasteiger partial charge >= 0.3 is 0 Å². The molecule has 0 saturated heterocycles. The Bertz CT molecular complexity index is 269. The van der Waals surface area contributed by atoms with Crippen molar-refractivity contribution in [2.24, 2.45) is 5.73 Å². The molecule has 1 rings (SSSR count). The summed E-state index contributed by atoms with van der Waals surface area (Å²) in [7, 11) is 1.67. The average Bonchev–Trinajstić information content (AvgIpc) is 2.25. The third kappa shape index (κ3) is 4.70. The summed E-state index contributed by atoms with van der Waals surface area (Å²) in [5.41, 5.74) is 6.79. The highest BCUT2D eigenvalue weighted by Crippen LogP contribution is 2.14.